The minimum atomic E-state index is -4.50. The highest BCUT2D eigenvalue weighted by molar-refractivity contribution is 7.89. The summed E-state index contributed by atoms with van der Waals surface area (Å²) in [6.07, 6.45) is -2.85. The highest BCUT2D eigenvalue weighted by Gasteiger charge is 2.31. The van der Waals surface area contributed by atoms with Crippen molar-refractivity contribution in [1.82, 2.24) is 9.71 Å². The van der Waals surface area contributed by atoms with Gasteiger partial charge in [0.1, 0.15) is 5.75 Å². The smallest absolute Gasteiger partial charge is 0.416 e. The minimum Gasteiger partial charge on any atom is -0.497 e. The average molecular weight is 475 g/mol. The SMILES string of the molecule is COc1ccc2[nH]cc(C(NS(=O)(=O)c3ccc(C)cc3)c3ccc(C(F)(F)F)cc3)c2c1. The van der Waals surface area contributed by atoms with E-state index in [0.717, 1.165) is 23.2 Å². The monoisotopic (exact) mass is 474 g/mol. The van der Waals surface area contributed by atoms with Crippen LogP contribution in [-0.4, -0.2) is 20.5 Å². The van der Waals surface area contributed by atoms with Crippen molar-refractivity contribution in [2.75, 3.05) is 7.11 Å². The summed E-state index contributed by atoms with van der Waals surface area (Å²) < 4.78 is 73.6. The second-order valence-corrected chi connectivity index (χ2v) is 9.36. The standard InChI is InChI=1S/C24H21F3N2O3S/c1-15-3-10-19(11-4-15)33(30,31)29-23(16-5-7-17(8-6-16)24(25,26)27)21-14-28-22-12-9-18(32-2)13-20(21)22/h3-14,23,28-29H,1-2H3. The lowest BCUT2D eigenvalue weighted by atomic mass is 9.98. The third-order valence-electron chi connectivity index (χ3n) is 5.41. The first-order valence-corrected chi connectivity index (χ1v) is 11.5. The summed E-state index contributed by atoms with van der Waals surface area (Å²) in [5.41, 5.74) is 1.74. The number of hydrogen-bond acceptors (Lipinski definition) is 3. The molecule has 0 aliphatic carbocycles. The number of aryl methyl sites for hydroxylation is 1. The zero-order valence-corrected chi connectivity index (χ0v) is 18.6. The van der Waals surface area contributed by atoms with Crippen LogP contribution in [0.15, 0.2) is 77.8 Å². The van der Waals surface area contributed by atoms with Crippen molar-refractivity contribution in [1.29, 1.82) is 0 Å². The first kappa shape index (κ1) is 22.9. The maximum absolute atomic E-state index is 13.2. The van der Waals surface area contributed by atoms with E-state index in [4.69, 9.17) is 4.74 Å². The van der Waals surface area contributed by atoms with Gasteiger partial charge >= 0.3 is 6.18 Å². The Bertz CT molecular complexity index is 1380. The summed E-state index contributed by atoms with van der Waals surface area (Å²) in [6.45, 7) is 1.84. The number of halogens is 3. The first-order chi connectivity index (χ1) is 15.6. The minimum absolute atomic E-state index is 0.0578. The number of fused-ring (bicyclic) bond motifs is 1. The Labute approximate surface area is 189 Å². The Kier molecular flexibility index (Phi) is 5.94. The summed E-state index contributed by atoms with van der Waals surface area (Å²) in [5, 5.41) is 0.686. The van der Waals surface area contributed by atoms with Gasteiger partial charge in [-0.25, -0.2) is 8.42 Å². The maximum atomic E-state index is 13.2. The van der Waals surface area contributed by atoms with Crippen molar-refractivity contribution in [3.63, 3.8) is 0 Å². The van der Waals surface area contributed by atoms with Gasteiger partial charge in [-0.05, 0) is 60.5 Å². The van der Waals surface area contributed by atoms with Crippen LogP contribution in [0.25, 0.3) is 10.9 Å². The Balaban J connectivity index is 1.83. The molecule has 1 atom stereocenters. The number of benzene rings is 3. The van der Waals surface area contributed by atoms with Crippen LogP contribution in [0.4, 0.5) is 13.2 Å². The van der Waals surface area contributed by atoms with Gasteiger partial charge in [0.2, 0.25) is 10.0 Å². The molecule has 0 radical (unpaired) electrons. The second-order valence-electron chi connectivity index (χ2n) is 7.64. The Hall–Kier alpha value is -3.30. The van der Waals surface area contributed by atoms with Crippen LogP contribution in [0.1, 0.15) is 28.3 Å². The Morgan fingerprint density at radius 3 is 2.24 bits per heavy atom. The highest BCUT2D eigenvalue weighted by atomic mass is 32.2. The predicted octanol–water partition coefficient (Wildman–Crippen LogP) is 5.57. The third-order valence-corrected chi connectivity index (χ3v) is 6.85. The zero-order valence-electron chi connectivity index (χ0n) is 17.8. The molecule has 5 nitrogen and oxygen atoms in total. The fourth-order valence-corrected chi connectivity index (χ4v) is 4.81. The molecule has 4 aromatic rings. The average Bonchev–Trinajstić information content (AvgIpc) is 3.20. The van der Waals surface area contributed by atoms with Gasteiger partial charge in [-0.1, -0.05) is 29.8 Å². The molecule has 1 unspecified atom stereocenters. The first-order valence-electron chi connectivity index (χ1n) is 10.00. The molecular formula is C24H21F3N2O3S. The number of aromatic amines is 1. The molecule has 0 saturated carbocycles. The molecule has 1 aromatic heterocycles. The van der Waals surface area contributed by atoms with Crippen molar-refractivity contribution in [3.8, 4) is 5.75 Å². The van der Waals surface area contributed by atoms with E-state index in [-0.39, 0.29) is 4.90 Å². The molecule has 4 rings (SSSR count). The number of rotatable bonds is 6. The van der Waals surface area contributed by atoms with Crippen molar-refractivity contribution >= 4 is 20.9 Å². The normalized spacial score (nSPS) is 13.2. The van der Waals surface area contributed by atoms with Gasteiger partial charge in [-0.15, -0.1) is 0 Å². The maximum Gasteiger partial charge on any atom is 0.416 e. The van der Waals surface area contributed by atoms with Gasteiger partial charge in [0.15, 0.2) is 0 Å². The molecule has 33 heavy (non-hydrogen) atoms. The summed E-state index contributed by atoms with van der Waals surface area (Å²) in [5.74, 6) is 0.566. The number of alkyl halides is 3. The number of nitrogens with one attached hydrogen (secondary N) is 2. The number of methoxy groups -OCH3 is 1. The van der Waals surface area contributed by atoms with E-state index in [2.05, 4.69) is 9.71 Å². The molecule has 0 aliphatic rings. The van der Waals surface area contributed by atoms with E-state index in [1.807, 2.05) is 6.92 Å². The summed E-state index contributed by atoms with van der Waals surface area (Å²) >= 11 is 0. The molecule has 1 heterocycles. The molecule has 2 N–H and O–H groups in total. The highest BCUT2D eigenvalue weighted by Crippen LogP contribution is 2.35. The van der Waals surface area contributed by atoms with Crippen molar-refractivity contribution in [2.45, 2.75) is 24.0 Å². The number of H-pyrrole nitrogens is 1. The van der Waals surface area contributed by atoms with Gasteiger partial charge in [0.25, 0.3) is 0 Å². The lowest BCUT2D eigenvalue weighted by Crippen LogP contribution is -2.29. The van der Waals surface area contributed by atoms with E-state index < -0.39 is 27.8 Å². The van der Waals surface area contributed by atoms with Crippen molar-refractivity contribution in [2.24, 2.45) is 0 Å². The van der Waals surface area contributed by atoms with Gasteiger partial charge in [0, 0.05) is 17.1 Å². The van der Waals surface area contributed by atoms with E-state index >= 15 is 0 Å². The van der Waals surface area contributed by atoms with Gasteiger partial charge in [-0.2, -0.15) is 17.9 Å². The second kappa shape index (κ2) is 8.57. The number of hydrogen-bond donors (Lipinski definition) is 2. The van der Waals surface area contributed by atoms with E-state index in [9.17, 15) is 21.6 Å². The molecule has 3 aromatic carbocycles. The van der Waals surface area contributed by atoms with Crippen LogP contribution in [-0.2, 0) is 16.2 Å². The van der Waals surface area contributed by atoms with Crippen LogP contribution in [0, 0.1) is 6.92 Å². The number of ether oxygens (including phenoxy) is 1. The van der Waals surface area contributed by atoms with Crippen LogP contribution < -0.4 is 9.46 Å². The largest absolute Gasteiger partial charge is 0.497 e. The predicted molar refractivity (Wildman–Crippen MR) is 120 cm³/mol. The van der Waals surface area contributed by atoms with Gasteiger partial charge in [-0.3, -0.25) is 0 Å². The fourth-order valence-electron chi connectivity index (χ4n) is 3.60. The molecule has 0 fully saturated rings. The summed E-state index contributed by atoms with van der Waals surface area (Å²) in [6, 6.07) is 15.1. The zero-order chi connectivity index (χ0) is 23.8. The van der Waals surface area contributed by atoms with Crippen molar-refractivity contribution in [3.05, 3.63) is 95.2 Å². The van der Waals surface area contributed by atoms with Crippen LogP contribution in [0.2, 0.25) is 0 Å². The van der Waals surface area contributed by atoms with Crippen molar-refractivity contribution < 1.29 is 26.3 Å². The summed E-state index contributed by atoms with van der Waals surface area (Å²) in [4.78, 5) is 3.15. The lowest BCUT2D eigenvalue weighted by Gasteiger charge is -2.20. The Morgan fingerprint density at radius 1 is 0.970 bits per heavy atom. The summed E-state index contributed by atoms with van der Waals surface area (Å²) in [7, 11) is -2.48. The molecule has 0 bridgehead atoms. The molecule has 9 heteroatoms. The van der Waals surface area contributed by atoms with E-state index in [1.165, 1.54) is 31.4 Å². The number of sulfonamides is 1. The molecule has 0 saturated heterocycles. The van der Waals surface area contributed by atoms with Crippen LogP contribution >= 0.6 is 0 Å². The van der Waals surface area contributed by atoms with E-state index in [0.29, 0.717) is 22.3 Å². The van der Waals surface area contributed by atoms with E-state index in [1.54, 1.807) is 36.5 Å². The quantitative estimate of drug-likeness (QED) is 0.384. The molecule has 172 valence electrons. The topological polar surface area (TPSA) is 71.2 Å². The third kappa shape index (κ3) is 4.74. The molecule has 0 amide bonds. The van der Waals surface area contributed by atoms with Crippen LogP contribution in [0.5, 0.6) is 5.75 Å². The Morgan fingerprint density at radius 2 is 1.64 bits per heavy atom. The number of aromatic nitrogens is 1. The van der Waals surface area contributed by atoms with Crippen LogP contribution in [0.3, 0.4) is 0 Å². The molecule has 0 aliphatic heterocycles. The molecular weight excluding hydrogens is 453 g/mol. The van der Waals surface area contributed by atoms with Gasteiger partial charge in [0.05, 0.1) is 23.6 Å². The fraction of sp³-hybridized carbons (Fsp3) is 0.167. The molecule has 0 spiro atoms. The van der Waals surface area contributed by atoms with Gasteiger partial charge < -0.3 is 9.72 Å². The lowest BCUT2D eigenvalue weighted by molar-refractivity contribution is -0.137.